The van der Waals surface area contributed by atoms with Crippen LogP contribution in [0.2, 0.25) is 0 Å². The van der Waals surface area contributed by atoms with Crippen molar-refractivity contribution in [2.45, 2.75) is 32.4 Å². The third kappa shape index (κ3) is 4.02. The number of hydrogen-bond donors (Lipinski definition) is 2. The fourth-order valence-electron chi connectivity index (χ4n) is 3.87. The Balaban J connectivity index is 1.62. The summed E-state index contributed by atoms with van der Waals surface area (Å²) in [5.41, 5.74) is 5.53. The molecule has 9 heteroatoms. The largest absolute Gasteiger partial charge is 0.465 e. The van der Waals surface area contributed by atoms with Crippen molar-refractivity contribution in [3.05, 3.63) is 54.5 Å². The van der Waals surface area contributed by atoms with Crippen molar-refractivity contribution in [3.63, 3.8) is 0 Å². The average Bonchev–Trinajstić information content (AvgIpc) is 3.24. The molecule has 2 N–H and O–H groups in total. The highest BCUT2D eigenvalue weighted by Gasteiger charge is 2.22. The lowest BCUT2D eigenvalue weighted by atomic mass is 10.1. The molecule has 1 amide bonds. The molecular weight excluding hydrogens is 408 g/mol. The zero-order chi connectivity index (χ0) is 22.1. The molecule has 1 saturated heterocycles. The molecule has 4 aromatic rings. The summed E-state index contributed by atoms with van der Waals surface area (Å²) in [6.07, 6.45) is 5.22. The second kappa shape index (κ2) is 8.35. The number of ether oxygens (including phenoxy) is 1. The smallest absolute Gasteiger partial charge is 0.409 e. The maximum Gasteiger partial charge on any atom is 0.409 e. The van der Waals surface area contributed by atoms with Crippen molar-refractivity contribution < 1.29 is 14.6 Å². The lowest BCUT2D eigenvalue weighted by Crippen LogP contribution is -2.18. The van der Waals surface area contributed by atoms with E-state index < -0.39 is 6.09 Å². The number of pyridine rings is 3. The van der Waals surface area contributed by atoms with E-state index in [0.717, 1.165) is 48.5 Å². The third-order valence-corrected chi connectivity index (χ3v) is 5.38. The summed E-state index contributed by atoms with van der Waals surface area (Å²) in [6.45, 7) is 2.67. The summed E-state index contributed by atoms with van der Waals surface area (Å²) in [7, 11) is 0. The van der Waals surface area contributed by atoms with Gasteiger partial charge in [0, 0.05) is 24.1 Å². The maximum atomic E-state index is 11.0. The molecule has 0 bridgehead atoms. The Morgan fingerprint density at radius 1 is 1.16 bits per heavy atom. The minimum Gasteiger partial charge on any atom is -0.465 e. The summed E-state index contributed by atoms with van der Waals surface area (Å²) in [4.78, 5) is 24.7. The van der Waals surface area contributed by atoms with Crippen molar-refractivity contribution in [2.75, 3.05) is 11.9 Å². The molecule has 4 aromatic heterocycles. The second-order valence-corrected chi connectivity index (χ2v) is 7.75. The van der Waals surface area contributed by atoms with E-state index in [1.807, 2.05) is 48.1 Å². The van der Waals surface area contributed by atoms with Gasteiger partial charge in [-0.1, -0.05) is 6.07 Å². The van der Waals surface area contributed by atoms with Gasteiger partial charge >= 0.3 is 6.09 Å². The second-order valence-electron chi connectivity index (χ2n) is 7.75. The van der Waals surface area contributed by atoms with E-state index in [4.69, 9.17) is 19.9 Å². The van der Waals surface area contributed by atoms with Gasteiger partial charge < -0.3 is 9.84 Å². The Hall–Kier alpha value is -3.85. The van der Waals surface area contributed by atoms with Gasteiger partial charge in [0.25, 0.3) is 0 Å². The van der Waals surface area contributed by atoms with E-state index in [2.05, 4.69) is 15.3 Å². The van der Waals surface area contributed by atoms with Gasteiger partial charge in [-0.2, -0.15) is 5.10 Å². The Morgan fingerprint density at radius 2 is 2.06 bits per heavy atom. The first-order valence-corrected chi connectivity index (χ1v) is 10.5. The van der Waals surface area contributed by atoms with Gasteiger partial charge in [0.2, 0.25) is 0 Å². The molecule has 0 radical (unpaired) electrons. The number of fused-ring (bicyclic) bond motifs is 1. The molecule has 1 fully saturated rings. The van der Waals surface area contributed by atoms with Crippen molar-refractivity contribution in [1.29, 1.82) is 0 Å². The van der Waals surface area contributed by atoms with E-state index in [1.54, 1.807) is 6.07 Å². The molecule has 9 nitrogen and oxygen atoms in total. The van der Waals surface area contributed by atoms with Gasteiger partial charge in [0.15, 0.2) is 0 Å². The van der Waals surface area contributed by atoms with Gasteiger partial charge in [0.05, 0.1) is 34.3 Å². The minimum atomic E-state index is -1.15. The van der Waals surface area contributed by atoms with Crippen LogP contribution in [0.25, 0.3) is 33.7 Å². The fraction of sp³-hybridized carbons (Fsp3) is 0.261. The van der Waals surface area contributed by atoms with Crippen LogP contribution in [0.5, 0.6) is 0 Å². The molecule has 1 unspecified atom stereocenters. The molecule has 1 atom stereocenters. The highest BCUT2D eigenvalue weighted by molar-refractivity contribution is 5.88. The number of aromatic nitrogens is 5. The number of amides is 1. The molecule has 32 heavy (non-hydrogen) atoms. The predicted molar refractivity (Wildman–Crippen MR) is 119 cm³/mol. The molecule has 162 valence electrons. The number of aryl methyl sites for hydroxylation is 1. The standard InChI is InChI=1S/C23H22N6O3/c1-14-5-4-6-19(25-14)22-16(13-29(28-22)21-7-2-3-10-32-21)17-8-9-18-20(27-17)11-15(12-24-18)26-23(30)31/h4-6,8-9,11-13,21,26H,2-3,7,10H2,1H3,(H,30,31). The summed E-state index contributed by atoms with van der Waals surface area (Å²) < 4.78 is 7.80. The number of nitrogens with one attached hydrogen (secondary N) is 1. The quantitative estimate of drug-likeness (QED) is 0.484. The van der Waals surface area contributed by atoms with Crippen molar-refractivity contribution in [2.24, 2.45) is 0 Å². The van der Waals surface area contributed by atoms with E-state index >= 15 is 0 Å². The Kier molecular flexibility index (Phi) is 5.24. The molecule has 0 aliphatic carbocycles. The fourth-order valence-corrected chi connectivity index (χ4v) is 3.87. The molecule has 1 aliphatic heterocycles. The zero-order valence-electron chi connectivity index (χ0n) is 17.5. The van der Waals surface area contributed by atoms with Crippen molar-refractivity contribution in [3.8, 4) is 22.6 Å². The molecule has 0 saturated carbocycles. The highest BCUT2D eigenvalue weighted by Crippen LogP contribution is 2.33. The molecule has 0 aromatic carbocycles. The number of nitrogens with zero attached hydrogens (tertiary/aromatic N) is 5. The average molecular weight is 430 g/mol. The van der Waals surface area contributed by atoms with Crippen LogP contribution >= 0.6 is 0 Å². The van der Waals surface area contributed by atoms with Crippen LogP contribution in [0.15, 0.2) is 48.8 Å². The lowest BCUT2D eigenvalue weighted by Gasteiger charge is -2.22. The van der Waals surface area contributed by atoms with Crippen molar-refractivity contribution in [1.82, 2.24) is 24.7 Å². The monoisotopic (exact) mass is 430 g/mol. The zero-order valence-corrected chi connectivity index (χ0v) is 17.5. The van der Waals surface area contributed by atoms with E-state index in [9.17, 15) is 4.79 Å². The van der Waals surface area contributed by atoms with Crippen LogP contribution in [0.4, 0.5) is 10.5 Å². The van der Waals surface area contributed by atoms with Gasteiger partial charge in [-0.15, -0.1) is 0 Å². The maximum absolute atomic E-state index is 11.0. The first kappa shape index (κ1) is 20.1. The summed E-state index contributed by atoms with van der Waals surface area (Å²) >= 11 is 0. The van der Waals surface area contributed by atoms with Crippen LogP contribution < -0.4 is 5.32 Å². The predicted octanol–water partition coefficient (Wildman–Crippen LogP) is 4.65. The topological polar surface area (TPSA) is 115 Å². The summed E-state index contributed by atoms with van der Waals surface area (Å²) in [6, 6.07) is 11.3. The normalized spacial score (nSPS) is 16.2. The lowest BCUT2D eigenvalue weighted by molar-refractivity contribution is -0.0393. The van der Waals surface area contributed by atoms with Crippen LogP contribution in [-0.4, -0.2) is 42.5 Å². The Labute approximate surface area is 184 Å². The first-order valence-electron chi connectivity index (χ1n) is 10.5. The molecule has 5 rings (SSSR count). The Bertz CT molecular complexity index is 1300. The van der Waals surface area contributed by atoms with E-state index in [-0.39, 0.29) is 6.23 Å². The summed E-state index contributed by atoms with van der Waals surface area (Å²) in [5.74, 6) is 0. The van der Waals surface area contributed by atoms with Crippen LogP contribution in [-0.2, 0) is 4.74 Å². The summed E-state index contributed by atoms with van der Waals surface area (Å²) in [5, 5.41) is 16.2. The number of carboxylic acid groups (broad SMARTS) is 1. The SMILES string of the molecule is Cc1cccc(-c2nn(C3CCCCO3)cc2-c2ccc3ncc(NC(=O)O)cc3n2)n1. The van der Waals surface area contributed by atoms with Crippen LogP contribution in [0.3, 0.4) is 0 Å². The van der Waals surface area contributed by atoms with Crippen LogP contribution in [0.1, 0.15) is 31.2 Å². The number of carbonyl (C=O) groups is 1. The highest BCUT2D eigenvalue weighted by atomic mass is 16.5. The van der Waals surface area contributed by atoms with Gasteiger partial charge in [0.1, 0.15) is 11.9 Å². The van der Waals surface area contributed by atoms with Gasteiger partial charge in [-0.05, 0) is 56.5 Å². The minimum absolute atomic E-state index is 0.116. The number of hydrogen-bond acceptors (Lipinski definition) is 6. The van der Waals surface area contributed by atoms with Crippen molar-refractivity contribution >= 4 is 22.8 Å². The van der Waals surface area contributed by atoms with Crippen LogP contribution in [0, 0.1) is 6.92 Å². The van der Waals surface area contributed by atoms with E-state index in [1.165, 1.54) is 6.20 Å². The number of anilines is 1. The molecule has 1 aliphatic rings. The van der Waals surface area contributed by atoms with E-state index in [0.29, 0.717) is 22.4 Å². The van der Waals surface area contributed by atoms with Gasteiger partial charge in [-0.25, -0.2) is 14.5 Å². The van der Waals surface area contributed by atoms with Gasteiger partial charge in [-0.3, -0.25) is 15.3 Å². The Morgan fingerprint density at radius 3 is 2.84 bits per heavy atom. The molecule has 0 spiro atoms. The third-order valence-electron chi connectivity index (χ3n) is 5.38. The first-order chi connectivity index (χ1) is 15.6. The number of rotatable bonds is 4. The molecule has 5 heterocycles. The molecular formula is C23H22N6O3.